The summed E-state index contributed by atoms with van der Waals surface area (Å²) in [6.07, 6.45) is 0. The molecule has 1 aliphatic heterocycles. The number of nitrogens with zero attached hydrogens (tertiary/aromatic N) is 4. The van der Waals surface area contributed by atoms with Gasteiger partial charge in [0.25, 0.3) is 5.91 Å². The zero-order chi connectivity index (χ0) is 25.5. The van der Waals surface area contributed by atoms with Gasteiger partial charge in [0, 0.05) is 18.8 Å². The Balaban J connectivity index is 2.00. The topological polar surface area (TPSA) is 108 Å². The van der Waals surface area contributed by atoms with Crippen LogP contribution in [-0.4, -0.2) is 70.7 Å². The fourth-order valence-electron chi connectivity index (χ4n) is 3.88. The molecule has 11 heteroatoms. The van der Waals surface area contributed by atoms with Crippen LogP contribution in [0.5, 0.6) is 11.5 Å². The number of hydrogen-bond donors (Lipinski definition) is 1. The number of rotatable bonds is 11. The second-order valence-electron chi connectivity index (χ2n) is 7.65. The zero-order valence-electron chi connectivity index (χ0n) is 21.1. The molecule has 1 aromatic heterocycles. The Labute approximate surface area is 210 Å². The molecule has 0 fully saturated rings. The summed E-state index contributed by atoms with van der Waals surface area (Å²) < 4.78 is 18.4. The Morgan fingerprint density at radius 1 is 1.17 bits per heavy atom. The van der Waals surface area contributed by atoms with E-state index in [1.54, 1.807) is 28.6 Å². The lowest BCUT2D eigenvalue weighted by atomic mass is 9.95. The van der Waals surface area contributed by atoms with Gasteiger partial charge in [0.1, 0.15) is 6.04 Å². The first-order valence-corrected chi connectivity index (χ1v) is 12.7. The number of fused-ring (bicyclic) bond motifs is 1. The molecule has 0 spiro atoms. The maximum atomic E-state index is 13.0. The van der Waals surface area contributed by atoms with E-state index >= 15 is 0 Å². The molecule has 1 unspecified atom stereocenters. The van der Waals surface area contributed by atoms with Crippen LogP contribution in [0.2, 0.25) is 0 Å². The summed E-state index contributed by atoms with van der Waals surface area (Å²) in [4.78, 5) is 31.6. The lowest BCUT2D eigenvalue weighted by Gasteiger charge is -2.28. The number of nitrogens with one attached hydrogen (secondary N) is 1. The van der Waals surface area contributed by atoms with Gasteiger partial charge in [0.2, 0.25) is 11.1 Å². The number of carbonyl (C=O) groups excluding carboxylic acids is 2. The highest BCUT2D eigenvalue weighted by Crippen LogP contribution is 2.39. The van der Waals surface area contributed by atoms with Crippen LogP contribution in [0.15, 0.2) is 34.6 Å². The van der Waals surface area contributed by atoms with Gasteiger partial charge in [-0.05, 0) is 51.1 Å². The number of allylic oxidation sites excluding steroid dienone is 1. The molecule has 0 bridgehead atoms. The highest BCUT2D eigenvalue weighted by molar-refractivity contribution is 7.99. The zero-order valence-corrected chi connectivity index (χ0v) is 21.9. The minimum absolute atomic E-state index is 0.0946. The first-order chi connectivity index (χ1) is 16.9. The molecule has 0 saturated heterocycles. The van der Waals surface area contributed by atoms with Crippen molar-refractivity contribution >= 4 is 29.6 Å². The highest BCUT2D eigenvalue weighted by atomic mass is 32.2. The molecular formula is C24H33N5O5S. The fourth-order valence-corrected chi connectivity index (χ4v) is 4.44. The number of hydrogen-bond acceptors (Lipinski definition) is 9. The van der Waals surface area contributed by atoms with Crippen molar-refractivity contribution in [3.63, 3.8) is 0 Å². The van der Waals surface area contributed by atoms with Crippen molar-refractivity contribution in [2.24, 2.45) is 0 Å². The molecular weight excluding hydrogens is 470 g/mol. The van der Waals surface area contributed by atoms with E-state index in [9.17, 15) is 9.59 Å². The molecule has 3 rings (SSSR count). The van der Waals surface area contributed by atoms with Gasteiger partial charge in [-0.1, -0.05) is 24.8 Å². The number of amides is 1. The summed E-state index contributed by atoms with van der Waals surface area (Å²) in [5.74, 6) is 1.70. The molecule has 1 aromatic carbocycles. The average Bonchev–Trinajstić information content (AvgIpc) is 3.24. The molecule has 1 atom stereocenters. The van der Waals surface area contributed by atoms with E-state index in [1.165, 1.54) is 18.9 Å². The smallest absolute Gasteiger partial charge is 0.338 e. The molecule has 1 N–H and O–H groups in total. The van der Waals surface area contributed by atoms with Crippen LogP contribution in [0.4, 0.5) is 5.95 Å². The van der Waals surface area contributed by atoms with Gasteiger partial charge >= 0.3 is 5.97 Å². The van der Waals surface area contributed by atoms with Crippen molar-refractivity contribution in [3.8, 4) is 11.5 Å². The molecule has 0 saturated carbocycles. The van der Waals surface area contributed by atoms with Gasteiger partial charge in [0.15, 0.2) is 18.1 Å². The number of benzene rings is 1. The first-order valence-electron chi connectivity index (χ1n) is 11.7. The average molecular weight is 504 g/mol. The molecule has 1 aliphatic rings. The van der Waals surface area contributed by atoms with Gasteiger partial charge in [-0.3, -0.25) is 4.79 Å². The van der Waals surface area contributed by atoms with Gasteiger partial charge in [-0.2, -0.15) is 4.98 Å². The van der Waals surface area contributed by atoms with Crippen molar-refractivity contribution in [1.29, 1.82) is 0 Å². The Morgan fingerprint density at radius 3 is 2.54 bits per heavy atom. The highest BCUT2D eigenvalue weighted by Gasteiger charge is 2.35. The Hall–Kier alpha value is -3.21. The summed E-state index contributed by atoms with van der Waals surface area (Å²) in [7, 11) is 1.53. The van der Waals surface area contributed by atoms with E-state index in [2.05, 4.69) is 15.4 Å². The second-order valence-corrected chi connectivity index (χ2v) is 8.88. The number of ether oxygens (including phenoxy) is 3. The predicted octanol–water partition coefficient (Wildman–Crippen LogP) is 3.50. The lowest BCUT2D eigenvalue weighted by Crippen LogP contribution is -2.34. The molecule has 1 amide bonds. The third-order valence-electron chi connectivity index (χ3n) is 5.57. The van der Waals surface area contributed by atoms with Crippen LogP contribution < -0.4 is 14.8 Å². The molecule has 2 heterocycles. The van der Waals surface area contributed by atoms with Gasteiger partial charge in [0.05, 0.1) is 19.3 Å². The number of methoxy groups -OCH3 is 1. The van der Waals surface area contributed by atoms with Crippen LogP contribution in [-0.2, 0) is 14.3 Å². The van der Waals surface area contributed by atoms with E-state index in [0.29, 0.717) is 47.0 Å². The Morgan fingerprint density at radius 2 is 1.91 bits per heavy atom. The second kappa shape index (κ2) is 12.0. The van der Waals surface area contributed by atoms with Crippen molar-refractivity contribution < 1.29 is 23.8 Å². The number of carbonyl (C=O) groups is 2. The van der Waals surface area contributed by atoms with Gasteiger partial charge < -0.3 is 24.4 Å². The van der Waals surface area contributed by atoms with Crippen LogP contribution in [0, 0.1) is 0 Å². The summed E-state index contributed by atoms with van der Waals surface area (Å²) in [5, 5.41) is 8.43. The van der Waals surface area contributed by atoms with Crippen molar-refractivity contribution in [2.75, 3.05) is 44.5 Å². The van der Waals surface area contributed by atoms with E-state index in [-0.39, 0.29) is 19.1 Å². The number of likely N-dealkylation sites (N-methyl/N-ethyl adjacent to an activating group) is 1. The predicted molar refractivity (Wildman–Crippen MR) is 134 cm³/mol. The molecule has 0 aliphatic carbocycles. The number of aromatic nitrogens is 3. The molecule has 35 heavy (non-hydrogen) atoms. The fraction of sp³-hybridized carbons (Fsp3) is 0.500. The summed E-state index contributed by atoms with van der Waals surface area (Å²) in [6.45, 7) is 10.9. The normalized spacial score (nSPS) is 14.7. The Kier molecular flexibility index (Phi) is 9.02. The van der Waals surface area contributed by atoms with Crippen LogP contribution >= 0.6 is 11.8 Å². The molecule has 190 valence electrons. The van der Waals surface area contributed by atoms with Gasteiger partial charge in [-0.15, -0.1) is 5.10 Å². The van der Waals surface area contributed by atoms with Gasteiger partial charge in [-0.25, -0.2) is 9.48 Å². The Bertz CT molecular complexity index is 1100. The van der Waals surface area contributed by atoms with E-state index in [4.69, 9.17) is 14.2 Å². The molecule has 2 aromatic rings. The maximum Gasteiger partial charge on any atom is 0.338 e. The van der Waals surface area contributed by atoms with Crippen molar-refractivity contribution in [1.82, 2.24) is 19.7 Å². The minimum Gasteiger partial charge on any atom is -0.493 e. The van der Waals surface area contributed by atoms with Crippen LogP contribution in [0.3, 0.4) is 0 Å². The molecule has 10 nitrogen and oxygen atoms in total. The van der Waals surface area contributed by atoms with Crippen LogP contribution in [0.25, 0.3) is 0 Å². The standard InChI is InChI=1S/C24H33N5O5S/c1-7-28(8-2)19(30)14-34-17-12-11-16(13-18(17)32-6)21-20(22(31)33-9-3)15(5)25-23-26-24(35-10-4)27-29(21)23/h11-13,21H,7-10,14H2,1-6H3,(H,25,26,27). The van der Waals surface area contributed by atoms with Crippen LogP contribution in [0.1, 0.15) is 46.2 Å². The first kappa shape index (κ1) is 26.4. The van der Waals surface area contributed by atoms with Crippen molar-refractivity contribution in [2.45, 2.75) is 45.8 Å². The molecule has 0 radical (unpaired) electrons. The monoisotopic (exact) mass is 503 g/mol. The quantitative estimate of drug-likeness (QED) is 0.364. The minimum atomic E-state index is -0.579. The van der Waals surface area contributed by atoms with E-state index < -0.39 is 12.0 Å². The summed E-state index contributed by atoms with van der Waals surface area (Å²) in [5.41, 5.74) is 1.82. The van der Waals surface area contributed by atoms with E-state index in [0.717, 1.165) is 11.3 Å². The maximum absolute atomic E-state index is 13.0. The summed E-state index contributed by atoms with van der Waals surface area (Å²) >= 11 is 1.51. The summed E-state index contributed by atoms with van der Waals surface area (Å²) in [6, 6.07) is 4.78. The lowest BCUT2D eigenvalue weighted by molar-refractivity contribution is -0.139. The van der Waals surface area contributed by atoms with Crippen molar-refractivity contribution in [3.05, 3.63) is 35.0 Å². The third kappa shape index (κ3) is 5.72. The number of esters is 1. The number of anilines is 1. The SMILES string of the molecule is CCOC(=O)C1=C(C)Nc2nc(SCC)nn2C1c1ccc(OCC(=O)N(CC)CC)c(OC)c1. The van der Waals surface area contributed by atoms with E-state index in [1.807, 2.05) is 33.8 Å². The number of thioether (sulfide) groups is 1. The third-order valence-corrected chi connectivity index (χ3v) is 6.29. The largest absolute Gasteiger partial charge is 0.493 e.